The zero-order valence-electron chi connectivity index (χ0n) is 20.7. The van der Waals surface area contributed by atoms with Gasteiger partial charge < -0.3 is 14.2 Å². The molecule has 184 valence electrons. The summed E-state index contributed by atoms with van der Waals surface area (Å²) in [5.41, 5.74) is 0.674. The molecule has 0 fully saturated rings. The van der Waals surface area contributed by atoms with Crippen LogP contribution in [0.5, 0.6) is 0 Å². The SMILES string of the molecule is COC(=O)c1ccc2cc(-c3nn(C(=O)OC(C)(C)C)c4ccsc34)n(C(=O)OC(C)(C)C)c2c1. The minimum Gasteiger partial charge on any atom is -0.465 e. The molecule has 0 aliphatic carbocycles. The van der Waals surface area contributed by atoms with Crippen LogP contribution in [0.2, 0.25) is 0 Å². The van der Waals surface area contributed by atoms with E-state index in [4.69, 9.17) is 14.2 Å². The highest BCUT2D eigenvalue weighted by molar-refractivity contribution is 7.17. The van der Waals surface area contributed by atoms with Crippen LogP contribution >= 0.6 is 11.3 Å². The molecule has 0 saturated heterocycles. The van der Waals surface area contributed by atoms with Gasteiger partial charge in [-0.05, 0) is 71.2 Å². The van der Waals surface area contributed by atoms with Crippen molar-refractivity contribution in [2.24, 2.45) is 0 Å². The van der Waals surface area contributed by atoms with Crippen LogP contribution in [0.1, 0.15) is 51.9 Å². The first-order chi connectivity index (χ1) is 16.3. The van der Waals surface area contributed by atoms with Gasteiger partial charge in [0.25, 0.3) is 0 Å². The van der Waals surface area contributed by atoms with Crippen molar-refractivity contribution in [1.29, 1.82) is 0 Å². The summed E-state index contributed by atoms with van der Waals surface area (Å²) in [6, 6.07) is 8.47. The van der Waals surface area contributed by atoms with Crippen LogP contribution in [-0.4, -0.2) is 50.8 Å². The molecular formula is C25H27N3O6S. The Morgan fingerprint density at radius 3 is 2.17 bits per heavy atom. The number of thiophene rings is 1. The molecule has 3 heterocycles. The fourth-order valence-corrected chi connectivity index (χ4v) is 4.45. The highest BCUT2D eigenvalue weighted by Crippen LogP contribution is 2.36. The zero-order chi connectivity index (χ0) is 25.7. The van der Waals surface area contributed by atoms with E-state index >= 15 is 0 Å². The van der Waals surface area contributed by atoms with E-state index in [1.807, 2.05) is 5.38 Å². The van der Waals surface area contributed by atoms with Crippen molar-refractivity contribution >= 4 is 50.6 Å². The van der Waals surface area contributed by atoms with Gasteiger partial charge in [0.15, 0.2) is 0 Å². The van der Waals surface area contributed by atoms with Gasteiger partial charge in [0.1, 0.15) is 16.9 Å². The predicted molar refractivity (Wildman–Crippen MR) is 133 cm³/mol. The summed E-state index contributed by atoms with van der Waals surface area (Å²) in [4.78, 5) is 38.4. The van der Waals surface area contributed by atoms with Gasteiger partial charge in [-0.25, -0.2) is 19.0 Å². The second kappa shape index (κ2) is 8.53. The number of fused-ring (bicyclic) bond motifs is 2. The first-order valence-electron chi connectivity index (χ1n) is 11.0. The van der Waals surface area contributed by atoms with Gasteiger partial charge >= 0.3 is 18.2 Å². The van der Waals surface area contributed by atoms with Gasteiger partial charge in [-0.15, -0.1) is 11.3 Å². The van der Waals surface area contributed by atoms with Crippen molar-refractivity contribution in [3.05, 3.63) is 41.3 Å². The van der Waals surface area contributed by atoms with Crippen molar-refractivity contribution < 1.29 is 28.6 Å². The van der Waals surface area contributed by atoms with Crippen LogP contribution in [0, 0.1) is 0 Å². The van der Waals surface area contributed by atoms with Crippen molar-refractivity contribution in [2.75, 3.05) is 7.11 Å². The third kappa shape index (κ3) is 4.79. The lowest BCUT2D eigenvalue weighted by Gasteiger charge is -2.21. The van der Waals surface area contributed by atoms with Crippen molar-refractivity contribution in [2.45, 2.75) is 52.7 Å². The monoisotopic (exact) mass is 497 g/mol. The highest BCUT2D eigenvalue weighted by atomic mass is 32.1. The molecule has 0 radical (unpaired) electrons. The number of ether oxygens (including phenoxy) is 3. The van der Waals surface area contributed by atoms with Gasteiger partial charge in [0, 0.05) is 5.39 Å². The Labute approximate surface area is 206 Å². The molecule has 0 N–H and O–H groups in total. The number of nitrogens with zero attached hydrogens (tertiary/aromatic N) is 3. The van der Waals surface area contributed by atoms with E-state index in [0.29, 0.717) is 32.5 Å². The standard InChI is InChI=1S/C25H27N3O6S/c1-24(2,3)33-22(30)27-17-13-15(21(29)32-7)9-8-14(17)12-18(27)19-20-16(10-11-35-20)28(26-19)23(31)34-25(4,5)6/h8-13H,1-7H3. The van der Waals surface area contributed by atoms with Crippen LogP contribution < -0.4 is 0 Å². The van der Waals surface area contributed by atoms with E-state index in [0.717, 1.165) is 0 Å². The van der Waals surface area contributed by atoms with E-state index in [2.05, 4.69) is 5.10 Å². The first-order valence-corrected chi connectivity index (χ1v) is 11.8. The summed E-state index contributed by atoms with van der Waals surface area (Å²) in [7, 11) is 1.29. The molecule has 35 heavy (non-hydrogen) atoms. The molecule has 1 aromatic carbocycles. The molecule has 10 heteroatoms. The number of carbonyl (C=O) groups is 3. The molecule has 4 rings (SSSR count). The fourth-order valence-electron chi connectivity index (χ4n) is 3.58. The number of rotatable bonds is 2. The van der Waals surface area contributed by atoms with Crippen LogP contribution in [0.4, 0.5) is 9.59 Å². The second-order valence-electron chi connectivity index (χ2n) is 9.99. The third-order valence-electron chi connectivity index (χ3n) is 4.90. The van der Waals surface area contributed by atoms with E-state index in [-0.39, 0.29) is 5.56 Å². The predicted octanol–water partition coefficient (Wildman–Crippen LogP) is 6.07. The normalized spacial score (nSPS) is 12.2. The molecule has 0 aliphatic heterocycles. The highest BCUT2D eigenvalue weighted by Gasteiger charge is 2.28. The van der Waals surface area contributed by atoms with E-state index in [1.54, 1.807) is 71.9 Å². The third-order valence-corrected chi connectivity index (χ3v) is 5.81. The van der Waals surface area contributed by atoms with Crippen molar-refractivity contribution in [1.82, 2.24) is 14.3 Å². The minimum atomic E-state index is -0.765. The number of aromatic nitrogens is 3. The average molecular weight is 498 g/mol. The summed E-state index contributed by atoms with van der Waals surface area (Å²) in [6.45, 7) is 10.6. The maximum atomic E-state index is 13.4. The van der Waals surface area contributed by atoms with Crippen LogP contribution in [-0.2, 0) is 14.2 Å². The maximum Gasteiger partial charge on any atom is 0.435 e. The van der Waals surface area contributed by atoms with Gasteiger partial charge in [-0.2, -0.15) is 9.78 Å². The number of hydrogen-bond donors (Lipinski definition) is 0. The minimum absolute atomic E-state index is 0.287. The van der Waals surface area contributed by atoms with E-state index in [9.17, 15) is 14.4 Å². The zero-order valence-corrected chi connectivity index (χ0v) is 21.5. The quantitative estimate of drug-likeness (QED) is 0.245. The smallest absolute Gasteiger partial charge is 0.435 e. The first kappa shape index (κ1) is 24.5. The Kier molecular flexibility index (Phi) is 5.96. The Hall–Kier alpha value is -3.66. The van der Waals surface area contributed by atoms with Gasteiger partial charge in [0.2, 0.25) is 0 Å². The molecule has 0 aliphatic rings. The van der Waals surface area contributed by atoms with E-state index < -0.39 is 29.4 Å². The summed E-state index contributed by atoms with van der Waals surface area (Å²) < 4.78 is 19.3. The lowest BCUT2D eigenvalue weighted by Crippen LogP contribution is -2.28. The van der Waals surface area contributed by atoms with Gasteiger partial charge in [0.05, 0.1) is 34.1 Å². The summed E-state index contributed by atoms with van der Waals surface area (Å²) in [5, 5.41) is 7.07. The van der Waals surface area contributed by atoms with Crippen LogP contribution in [0.15, 0.2) is 35.7 Å². The second-order valence-corrected chi connectivity index (χ2v) is 10.9. The molecule has 0 saturated carbocycles. The van der Waals surface area contributed by atoms with Gasteiger partial charge in [-0.3, -0.25) is 0 Å². The molecule has 0 unspecified atom stereocenters. The van der Waals surface area contributed by atoms with Crippen LogP contribution in [0.3, 0.4) is 0 Å². The molecular weight excluding hydrogens is 470 g/mol. The Morgan fingerprint density at radius 2 is 1.54 bits per heavy atom. The molecule has 3 aromatic heterocycles. The molecule has 0 bridgehead atoms. The lowest BCUT2D eigenvalue weighted by atomic mass is 10.1. The average Bonchev–Trinajstić information content (AvgIpc) is 3.42. The Morgan fingerprint density at radius 1 is 0.886 bits per heavy atom. The summed E-state index contributed by atoms with van der Waals surface area (Å²) in [6.07, 6.45) is -1.26. The number of benzene rings is 1. The largest absolute Gasteiger partial charge is 0.465 e. The van der Waals surface area contributed by atoms with Crippen molar-refractivity contribution in [3.63, 3.8) is 0 Å². The van der Waals surface area contributed by atoms with Gasteiger partial charge in [-0.1, -0.05) is 6.07 Å². The topological polar surface area (TPSA) is 102 Å². The molecule has 4 aromatic rings. The Bertz CT molecular complexity index is 1460. The number of methoxy groups -OCH3 is 1. The van der Waals surface area contributed by atoms with Crippen molar-refractivity contribution in [3.8, 4) is 11.4 Å². The summed E-state index contributed by atoms with van der Waals surface area (Å²) in [5.74, 6) is -0.528. The number of hydrogen-bond acceptors (Lipinski definition) is 8. The van der Waals surface area contributed by atoms with Crippen LogP contribution in [0.25, 0.3) is 32.5 Å². The molecule has 0 atom stereocenters. The fraction of sp³-hybridized carbons (Fsp3) is 0.360. The molecule has 9 nitrogen and oxygen atoms in total. The number of esters is 1. The summed E-state index contributed by atoms with van der Waals surface area (Å²) >= 11 is 1.39. The van der Waals surface area contributed by atoms with E-state index in [1.165, 1.54) is 27.7 Å². The lowest BCUT2D eigenvalue weighted by molar-refractivity contribution is 0.0520. The Balaban J connectivity index is 1.96. The maximum absolute atomic E-state index is 13.4. The number of carbonyl (C=O) groups excluding carboxylic acids is 3. The molecule has 0 amide bonds. The molecule has 0 spiro atoms.